The van der Waals surface area contributed by atoms with Crippen molar-refractivity contribution in [2.24, 2.45) is 11.7 Å². The fourth-order valence-electron chi connectivity index (χ4n) is 5.11. The molecule has 0 bridgehead atoms. The number of anilines is 1. The Morgan fingerprint density at radius 3 is 2.83 bits per heavy atom. The summed E-state index contributed by atoms with van der Waals surface area (Å²) in [5.74, 6) is -3.19. The SMILES string of the molecule is NC1CCN(C2=CC3Cc4c(F)noc4N4C5=C(OC(=C2F)C34)C(=O)C(=O)CC5)C1. The molecule has 5 aliphatic rings. The maximum Gasteiger partial charge on any atom is 0.265 e. The number of aromatic nitrogens is 1. The molecule has 0 spiro atoms. The third-order valence-electron chi connectivity index (χ3n) is 6.52. The Morgan fingerprint density at radius 1 is 1.23 bits per heavy atom. The summed E-state index contributed by atoms with van der Waals surface area (Å²) in [6, 6.07) is -0.699. The first-order chi connectivity index (χ1) is 14.4. The predicted molar refractivity (Wildman–Crippen MR) is 97.7 cm³/mol. The van der Waals surface area contributed by atoms with Crippen molar-refractivity contribution in [3.05, 3.63) is 46.3 Å². The van der Waals surface area contributed by atoms with Gasteiger partial charge in [0.25, 0.3) is 11.7 Å². The van der Waals surface area contributed by atoms with Gasteiger partial charge in [0, 0.05) is 31.5 Å². The molecule has 0 saturated carbocycles. The van der Waals surface area contributed by atoms with Crippen LogP contribution in [0.25, 0.3) is 0 Å². The van der Waals surface area contributed by atoms with E-state index in [1.807, 2.05) is 4.90 Å². The first kappa shape index (κ1) is 17.8. The minimum atomic E-state index is -0.807. The molecule has 3 unspecified atom stereocenters. The molecule has 30 heavy (non-hydrogen) atoms. The first-order valence-corrected chi connectivity index (χ1v) is 9.98. The highest BCUT2D eigenvalue weighted by molar-refractivity contribution is 6.44. The number of hydrogen-bond donors (Lipinski definition) is 1. The summed E-state index contributed by atoms with van der Waals surface area (Å²) in [5, 5.41) is 3.44. The number of halogens is 2. The lowest BCUT2D eigenvalue weighted by Crippen LogP contribution is -2.52. The van der Waals surface area contributed by atoms with E-state index in [4.69, 9.17) is 15.0 Å². The third-order valence-corrected chi connectivity index (χ3v) is 6.52. The summed E-state index contributed by atoms with van der Waals surface area (Å²) >= 11 is 0. The van der Waals surface area contributed by atoms with Crippen molar-refractivity contribution in [1.82, 2.24) is 10.1 Å². The van der Waals surface area contributed by atoms with Crippen molar-refractivity contribution in [3.8, 4) is 0 Å². The lowest BCUT2D eigenvalue weighted by Gasteiger charge is -2.47. The summed E-state index contributed by atoms with van der Waals surface area (Å²) in [4.78, 5) is 28.0. The van der Waals surface area contributed by atoms with Crippen molar-refractivity contribution in [1.29, 1.82) is 0 Å². The average molecular weight is 416 g/mol. The van der Waals surface area contributed by atoms with Crippen LogP contribution in [0.1, 0.15) is 24.8 Å². The average Bonchev–Trinajstić information content (AvgIpc) is 3.33. The molecule has 2 aliphatic carbocycles. The van der Waals surface area contributed by atoms with Gasteiger partial charge in [0.05, 0.1) is 17.0 Å². The van der Waals surface area contributed by atoms with Crippen molar-refractivity contribution in [2.75, 3.05) is 18.0 Å². The number of carbonyl (C=O) groups is 2. The molecule has 1 fully saturated rings. The normalized spacial score (nSPS) is 30.2. The van der Waals surface area contributed by atoms with Crippen LogP contribution in [0.2, 0.25) is 0 Å². The molecule has 3 atom stereocenters. The Kier molecular flexibility index (Phi) is 3.57. The maximum atomic E-state index is 15.7. The van der Waals surface area contributed by atoms with Crippen molar-refractivity contribution in [2.45, 2.75) is 37.8 Å². The van der Waals surface area contributed by atoms with E-state index >= 15 is 4.39 Å². The Hall–Kier alpha value is -3.01. The summed E-state index contributed by atoms with van der Waals surface area (Å²) < 4.78 is 41.1. The minimum absolute atomic E-state index is 0.00908. The highest BCUT2D eigenvalue weighted by atomic mass is 19.1. The van der Waals surface area contributed by atoms with E-state index < -0.39 is 29.4 Å². The van der Waals surface area contributed by atoms with Crippen LogP contribution >= 0.6 is 0 Å². The number of ether oxygens (including phenoxy) is 1. The number of allylic oxidation sites excluding steroid dienone is 3. The van der Waals surface area contributed by atoms with Crippen LogP contribution < -0.4 is 10.6 Å². The van der Waals surface area contributed by atoms with E-state index in [0.717, 1.165) is 6.42 Å². The van der Waals surface area contributed by atoms with E-state index in [1.54, 1.807) is 11.0 Å². The molecule has 8 nitrogen and oxygen atoms in total. The molecular formula is C20H18F2N4O4. The van der Waals surface area contributed by atoms with Gasteiger partial charge in [0.15, 0.2) is 17.3 Å². The molecule has 1 saturated heterocycles. The molecule has 1 aromatic heterocycles. The van der Waals surface area contributed by atoms with E-state index in [-0.39, 0.29) is 54.2 Å². The number of fused-ring (bicyclic) bond motifs is 3. The van der Waals surface area contributed by atoms with E-state index in [1.165, 1.54) is 0 Å². The van der Waals surface area contributed by atoms with Gasteiger partial charge in [-0.05, 0) is 24.4 Å². The zero-order valence-corrected chi connectivity index (χ0v) is 15.9. The lowest BCUT2D eigenvalue weighted by molar-refractivity contribution is -0.137. The van der Waals surface area contributed by atoms with Gasteiger partial charge in [-0.3, -0.25) is 14.5 Å². The van der Waals surface area contributed by atoms with Crippen LogP contribution in [-0.2, 0) is 20.7 Å². The van der Waals surface area contributed by atoms with Crippen LogP contribution in [0.4, 0.5) is 14.7 Å². The largest absolute Gasteiger partial charge is 0.450 e. The Bertz CT molecular complexity index is 1100. The molecule has 3 aliphatic heterocycles. The van der Waals surface area contributed by atoms with Gasteiger partial charge in [0.1, 0.15) is 6.04 Å². The fourth-order valence-corrected chi connectivity index (χ4v) is 5.11. The number of hydrogen-bond acceptors (Lipinski definition) is 8. The summed E-state index contributed by atoms with van der Waals surface area (Å²) in [6.07, 6.45) is 3.00. The minimum Gasteiger partial charge on any atom is -0.450 e. The van der Waals surface area contributed by atoms with Crippen molar-refractivity contribution in [3.63, 3.8) is 0 Å². The lowest BCUT2D eigenvalue weighted by atomic mass is 9.80. The predicted octanol–water partition coefficient (Wildman–Crippen LogP) is 1.45. The number of ketones is 2. The molecule has 2 N–H and O–H groups in total. The number of carbonyl (C=O) groups excluding carboxylic acids is 2. The maximum absolute atomic E-state index is 15.7. The molecule has 0 radical (unpaired) electrons. The molecule has 0 aromatic carbocycles. The molecule has 156 valence electrons. The van der Waals surface area contributed by atoms with Crippen LogP contribution in [-0.4, -0.2) is 46.8 Å². The molecule has 4 heterocycles. The number of likely N-dealkylation sites (tertiary alicyclic amines) is 1. The standard InChI is InChI=1S/C20H18F2N4O4/c21-14-12(25-4-3-9(23)7-25)6-8-5-10-19(22)24-30-20(10)26-11-1-2-13(27)16(28)17(11)29-18(14)15(8)26/h6,8-9,15H,1-5,7,23H2. The Balaban J connectivity index is 1.55. The van der Waals surface area contributed by atoms with Gasteiger partial charge >= 0.3 is 0 Å². The summed E-state index contributed by atoms with van der Waals surface area (Å²) in [7, 11) is 0. The molecule has 1 aromatic rings. The second-order valence-corrected chi connectivity index (χ2v) is 8.29. The van der Waals surface area contributed by atoms with Gasteiger partial charge in [-0.15, -0.1) is 0 Å². The number of rotatable bonds is 1. The van der Waals surface area contributed by atoms with E-state index in [0.29, 0.717) is 24.5 Å². The number of Topliss-reactive ketones (excluding diaryl/α,β-unsaturated/α-hetero) is 2. The highest BCUT2D eigenvalue weighted by Gasteiger charge is 2.52. The highest BCUT2D eigenvalue weighted by Crippen LogP contribution is 2.50. The van der Waals surface area contributed by atoms with Crippen LogP contribution in [0.3, 0.4) is 0 Å². The summed E-state index contributed by atoms with van der Waals surface area (Å²) in [5.41, 5.74) is 7.00. The van der Waals surface area contributed by atoms with Crippen molar-refractivity contribution < 1.29 is 27.6 Å². The second kappa shape index (κ2) is 6.00. The molecular weight excluding hydrogens is 398 g/mol. The van der Waals surface area contributed by atoms with Gasteiger partial charge in [-0.1, -0.05) is 6.08 Å². The van der Waals surface area contributed by atoms with Gasteiger partial charge in [-0.25, -0.2) is 4.39 Å². The number of nitrogens with two attached hydrogens (primary N) is 1. The zero-order chi connectivity index (χ0) is 20.7. The third kappa shape index (κ3) is 2.25. The monoisotopic (exact) mass is 416 g/mol. The second-order valence-electron chi connectivity index (χ2n) is 8.29. The smallest absolute Gasteiger partial charge is 0.265 e. The topological polar surface area (TPSA) is 102 Å². The molecule has 0 amide bonds. The fraction of sp³-hybridized carbons (Fsp3) is 0.450. The zero-order valence-electron chi connectivity index (χ0n) is 15.9. The summed E-state index contributed by atoms with van der Waals surface area (Å²) in [6.45, 7) is 1.08. The molecule has 10 heteroatoms. The van der Waals surface area contributed by atoms with E-state index in [2.05, 4.69) is 5.16 Å². The molecule has 6 rings (SSSR count). The van der Waals surface area contributed by atoms with Crippen LogP contribution in [0.15, 0.2) is 39.3 Å². The van der Waals surface area contributed by atoms with Gasteiger partial charge in [0.2, 0.25) is 11.7 Å². The van der Waals surface area contributed by atoms with Crippen LogP contribution in [0.5, 0.6) is 0 Å². The van der Waals surface area contributed by atoms with E-state index in [9.17, 15) is 14.0 Å². The van der Waals surface area contributed by atoms with Crippen LogP contribution in [0, 0.1) is 11.9 Å². The number of nitrogens with zero attached hydrogens (tertiary/aromatic N) is 3. The Labute approximate surface area is 169 Å². The quantitative estimate of drug-likeness (QED) is 0.687. The van der Waals surface area contributed by atoms with Gasteiger partial charge < -0.3 is 19.9 Å². The van der Waals surface area contributed by atoms with Crippen molar-refractivity contribution >= 4 is 17.5 Å². The van der Waals surface area contributed by atoms with Gasteiger partial charge in [-0.2, -0.15) is 4.39 Å². The first-order valence-electron chi connectivity index (χ1n) is 9.98. The Morgan fingerprint density at radius 2 is 2.07 bits per heavy atom.